The van der Waals surface area contributed by atoms with E-state index < -0.39 is 6.10 Å². The molecule has 0 bridgehead atoms. The fraction of sp³-hybridized carbons (Fsp3) is 0.667. The van der Waals surface area contributed by atoms with E-state index in [0.717, 1.165) is 4.91 Å². The molecule has 0 aromatic rings. The van der Waals surface area contributed by atoms with Gasteiger partial charge < -0.3 is 10.0 Å². The third-order valence-corrected chi connectivity index (χ3v) is 3.52. The first kappa shape index (κ1) is 9.09. The van der Waals surface area contributed by atoms with E-state index in [1.54, 1.807) is 18.0 Å². The van der Waals surface area contributed by atoms with Crippen LogP contribution in [0.2, 0.25) is 0 Å². The molecule has 2 aliphatic rings. The van der Waals surface area contributed by atoms with Crippen molar-refractivity contribution < 1.29 is 9.90 Å². The molecule has 72 valence electrons. The molecule has 2 heterocycles. The third-order valence-electron chi connectivity index (χ3n) is 3.00. The second-order valence-corrected chi connectivity index (χ2v) is 4.36. The molecule has 1 fully saturated rings. The van der Waals surface area contributed by atoms with Crippen molar-refractivity contribution >= 4 is 18.5 Å². The number of carbonyl (C=O) groups excluding carboxylic acids is 1. The minimum Gasteiger partial charge on any atom is -0.393 e. The largest absolute Gasteiger partial charge is 0.393 e. The summed E-state index contributed by atoms with van der Waals surface area (Å²) in [5, 5.41) is 9.40. The molecule has 1 N–H and O–H groups in total. The summed E-state index contributed by atoms with van der Waals surface area (Å²) in [6.07, 6.45) is 1.23. The van der Waals surface area contributed by atoms with Crippen molar-refractivity contribution in [3.8, 4) is 0 Å². The Kier molecular flexibility index (Phi) is 1.92. The molecule has 2 rings (SSSR count). The summed E-state index contributed by atoms with van der Waals surface area (Å²) in [5.41, 5.74) is 0. The number of carbonyl (C=O) groups is 1. The molecule has 4 heteroatoms. The van der Waals surface area contributed by atoms with Gasteiger partial charge in [0.2, 0.25) is 5.91 Å². The van der Waals surface area contributed by atoms with Crippen LogP contribution in [0.3, 0.4) is 0 Å². The summed E-state index contributed by atoms with van der Waals surface area (Å²) in [6.45, 7) is 3.70. The van der Waals surface area contributed by atoms with E-state index in [4.69, 9.17) is 0 Å². The first-order chi connectivity index (χ1) is 6.04. The predicted molar refractivity (Wildman–Crippen MR) is 52.0 cm³/mol. The maximum atomic E-state index is 11.5. The Bertz CT molecular complexity index is 287. The van der Waals surface area contributed by atoms with E-state index in [2.05, 4.69) is 12.6 Å². The van der Waals surface area contributed by atoms with Gasteiger partial charge in [0.15, 0.2) is 0 Å². The van der Waals surface area contributed by atoms with Gasteiger partial charge in [-0.1, -0.05) is 6.92 Å². The molecule has 3 nitrogen and oxygen atoms in total. The SMILES string of the molecule is CC(O)C1C(=O)N2C=C(S)[C@H](C)C12. The number of nitrogens with zero attached hydrogens (tertiary/aromatic N) is 1. The van der Waals surface area contributed by atoms with Gasteiger partial charge in [0.25, 0.3) is 0 Å². The lowest BCUT2D eigenvalue weighted by molar-refractivity contribution is -0.158. The Morgan fingerprint density at radius 3 is 2.85 bits per heavy atom. The molecule has 0 aromatic heterocycles. The standard InChI is InChI=1S/C9H13NO2S/c1-4-6(13)3-10-8(4)7(5(2)11)9(10)12/h3-5,7-8,11,13H,1-2H3/t4-,5?,7?,8?/m0/s1. The summed E-state index contributed by atoms with van der Waals surface area (Å²) in [6, 6.07) is 0.139. The second-order valence-electron chi connectivity index (χ2n) is 3.85. The van der Waals surface area contributed by atoms with Crippen LogP contribution in [0.1, 0.15) is 13.8 Å². The molecular formula is C9H13NO2S. The fourth-order valence-electron chi connectivity index (χ4n) is 2.18. The number of fused-ring (bicyclic) bond motifs is 1. The molecule has 1 saturated heterocycles. The van der Waals surface area contributed by atoms with E-state index in [1.165, 1.54) is 0 Å². The third kappa shape index (κ3) is 1.05. The van der Waals surface area contributed by atoms with E-state index in [1.807, 2.05) is 6.92 Å². The van der Waals surface area contributed by atoms with Gasteiger partial charge in [0.1, 0.15) is 0 Å². The molecule has 0 aromatic carbocycles. The van der Waals surface area contributed by atoms with Crippen molar-refractivity contribution in [2.45, 2.75) is 26.0 Å². The van der Waals surface area contributed by atoms with Crippen LogP contribution >= 0.6 is 12.6 Å². The average Bonchev–Trinajstić information content (AvgIpc) is 2.28. The second kappa shape index (κ2) is 2.75. The Morgan fingerprint density at radius 2 is 2.31 bits per heavy atom. The average molecular weight is 199 g/mol. The van der Waals surface area contributed by atoms with Crippen molar-refractivity contribution in [1.82, 2.24) is 4.90 Å². The van der Waals surface area contributed by atoms with Gasteiger partial charge in [0, 0.05) is 17.0 Å². The summed E-state index contributed by atoms with van der Waals surface area (Å²) >= 11 is 4.28. The first-order valence-corrected chi connectivity index (χ1v) is 4.89. The van der Waals surface area contributed by atoms with Gasteiger partial charge in [-0.2, -0.15) is 0 Å². The van der Waals surface area contributed by atoms with Crippen molar-refractivity contribution in [3.63, 3.8) is 0 Å². The smallest absolute Gasteiger partial charge is 0.234 e. The molecule has 0 aliphatic carbocycles. The summed E-state index contributed by atoms with van der Waals surface area (Å²) in [7, 11) is 0. The molecule has 0 spiro atoms. The van der Waals surface area contributed by atoms with Crippen LogP contribution in [-0.2, 0) is 4.79 Å². The highest BCUT2D eigenvalue weighted by atomic mass is 32.1. The van der Waals surface area contributed by atoms with Crippen LogP contribution in [0.25, 0.3) is 0 Å². The van der Waals surface area contributed by atoms with Crippen molar-refractivity contribution in [2.75, 3.05) is 0 Å². The topological polar surface area (TPSA) is 40.5 Å². The lowest BCUT2D eigenvalue weighted by Crippen LogP contribution is -2.61. The maximum Gasteiger partial charge on any atom is 0.234 e. The number of thiol groups is 1. The van der Waals surface area contributed by atoms with Gasteiger partial charge in [0.05, 0.1) is 18.1 Å². The highest BCUT2D eigenvalue weighted by Crippen LogP contribution is 2.43. The van der Waals surface area contributed by atoms with Crippen molar-refractivity contribution in [3.05, 3.63) is 11.1 Å². The zero-order valence-electron chi connectivity index (χ0n) is 7.64. The molecule has 13 heavy (non-hydrogen) atoms. The van der Waals surface area contributed by atoms with E-state index in [-0.39, 0.29) is 23.8 Å². The molecule has 0 saturated carbocycles. The van der Waals surface area contributed by atoms with Crippen molar-refractivity contribution in [1.29, 1.82) is 0 Å². The number of aliphatic hydroxyl groups excluding tert-OH is 1. The van der Waals surface area contributed by atoms with E-state index in [9.17, 15) is 9.90 Å². The minimum absolute atomic E-state index is 0.0240. The monoisotopic (exact) mass is 199 g/mol. The number of rotatable bonds is 1. The molecule has 2 aliphatic heterocycles. The van der Waals surface area contributed by atoms with Crippen LogP contribution in [0.5, 0.6) is 0 Å². The van der Waals surface area contributed by atoms with Gasteiger partial charge in [-0.3, -0.25) is 4.79 Å². The normalized spacial score (nSPS) is 39.7. The zero-order valence-corrected chi connectivity index (χ0v) is 8.53. The molecular weight excluding hydrogens is 186 g/mol. The number of hydrogen-bond acceptors (Lipinski definition) is 3. The number of amides is 1. The number of β-lactam (4-membered cyclic amide) rings is 1. The highest BCUT2D eigenvalue weighted by Gasteiger charge is 2.54. The summed E-state index contributed by atoms with van der Waals surface area (Å²) in [5.74, 6) is 0.0624. The van der Waals surface area contributed by atoms with Gasteiger partial charge >= 0.3 is 0 Å². The van der Waals surface area contributed by atoms with Crippen LogP contribution in [-0.4, -0.2) is 28.1 Å². The number of hydrogen-bond donors (Lipinski definition) is 2. The van der Waals surface area contributed by atoms with E-state index in [0.29, 0.717) is 0 Å². The Hall–Kier alpha value is -0.480. The van der Waals surface area contributed by atoms with E-state index >= 15 is 0 Å². The predicted octanol–water partition coefficient (Wildman–Crippen LogP) is 0.615. The maximum absolute atomic E-state index is 11.5. The minimum atomic E-state index is -0.552. The van der Waals surface area contributed by atoms with Gasteiger partial charge in [-0.15, -0.1) is 12.6 Å². The van der Waals surface area contributed by atoms with Gasteiger partial charge in [-0.05, 0) is 6.92 Å². The Morgan fingerprint density at radius 1 is 1.69 bits per heavy atom. The molecule has 0 radical (unpaired) electrons. The molecule has 4 atom stereocenters. The Balaban J connectivity index is 2.21. The fourth-order valence-corrected chi connectivity index (χ4v) is 2.46. The number of aliphatic hydroxyl groups is 1. The first-order valence-electron chi connectivity index (χ1n) is 4.45. The van der Waals surface area contributed by atoms with Gasteiger partial charge in [-0.25, -0.2) is 0 Å². The quantitative estimate of drug-likeness (QED) is 0.480. The summed E-state index contributed by atoms with van der Waals surface area (Å²) in [4.78, 5) is 14.1. The van der Waals surface area contributed by atoms with Crippen LogP contribution in [0, 0.1) is 11.8 Å². The zero-order chi connectivity index (χ0) is 9.75. The summed E-state index contributed by atoms with van der Waals surface area (Å²) < 4.78 is 0. The van der Waals surface area contributed by atoms with Crippen LogP contribution < -0.4 is 0 Å². The van der Waals surface area contributed by atoms with Crippen molar-refractivity contribution in [2.24, 2.45) is 11.8 Å². The van der Waals surface area contributed by atoms with Crippen LogP contribution in [0.15, 0.2) is 11.1 Å². The van der Waals surface area contributed by atoms with Crippen LogP contribution in [0.4, 0.5) is 0 Å². The Labute approximate surface area is 82.8 Å². The highest BCUT2D eigenvalue weighted by molar-refractivity contribution is 7.84. The molecule has 3 unspecified atom stereocenters. The lowest BCUT2D eigenvalue weighted by Gasteiger charge is -2.45. The molecule has 1 amide bonds. The lowest BCUT2D eigenvalue weighted by atomic mass is 9.79.